The van der Waals surface area contributed by atoms with Crippen LogP contribution in [-0.2, 0) is 0 Å². The molecule has 82 valence electrons. The molecular weight excluding hydrogens is 222 g/mol. The highest BCUT2D eigenvalue weighted by Gasteiger charge is 2.20. The van der Waals surface area contributed by atoms with Crippen molar-refractivity contribution in [2.45, 2.75) is 12.8 Å². The number of hydrogen-bond donors (Lipinski definition) is 0. The van der Waals surface area contributed by atoms with Crippen LogP contribution in [0.1, 0.15) is 12.8 Å². The van der Waals surface area contributed by atoms with Gasteiger partial charge < -0.3 is 4.90 Å². The summed E-state index contributed by atoms with van der Waals surface area (Å²) >= 11 is 1.25. The summed E-state index contributed by atoms with van der Waals surface area (Å²) < 4.78 is 8.72. The molecule has 2 aromatic heterocycles. The van der Waals surface area contributed by atoms with Crippen molar-refractivity contribution in [2.75, 3.05) is 18.0 Å². The molecule has 0 atom stereocenters. The first-order chi connectivity index (χ1) is 7.95. The molecule has 1 aliphatic heterocycles. The minimum atomic E-state index is 0.910. The predicted molar refractivity (Wildman–Crippen MR) is 62.4 cm³/mol. The van der Waals surface area contributed by atoms with E-state index in [1.807, 2.05) is 0 Å². The second-order valence-electron chi connectivity index (χ2n) is 3.76. The lowest BCUT2D eigenvalue weighted by Gasteiger charge is -2.14. The largest absolute Gasteiger partial charge is 0.354 e. The smallest absolute Gasteiger partial charge is 0.170 e. The Morgan fingerprint density at radius 3 is 2.56 bits per heavy atom. The van der Waals surface area contributed by atoms with Crippen molar-refractivity contribution < 1.29 is 0 Å². The number of aromatic nitrogens is 4. The summed E-state index contributed by atoms with van der Waals surface area (Å²) in [6, 6.07) is 0. The van der Waals surface area contributed by atoms with Gasteiger partial charge in [0, 0.05) is 31.0 Å². The molecule has 3 heterocycles. The van der Waals surface area contributed by atoms with Crippen LogP contribution in [0.5, 0.6) is 0 Å². The third-order valence-electron chi connectivity index (χ3n) is 2.71. The first kappa shape index (κ1) is 9.65. The van der Waals surface area contributed by atoms with E-state index in [0.717, 1.165) is 30.2 Å². The fourth-order valence-corrected chi connectivity index (χ4v) is 2.51. The van der Waals surface area contributed by atoms with Crippen LogP contribution in [0, 0.1) is 0 Å². The summed E-state index contributed by atoms with van der Waals surface area (Å²) in [5, 5.41) is 0. The molecule has 3 rings (SSSR count). The third-order valence-corrected chi connectivity index (χ3v) is 3.23. The van der Waals surface area contributed by atoms with Gasteiger partial charge in [0.1, 0.15) is 12.0 Å². The molecule has 5 nitrogen and oxygen atoms in total. The number of nitrogens with zero attached hydrogens (tertiary/aromatic N) is 5. The Morgan fingerprint density at radius 1 is 1.06 bits per heavy atom. The van der Waals surface area contributed by atoms with Gasteiger partial charge in [-0.05, 0) is 12.8 Å². The summed E-state index contributed by atoms with van der Waals surface area (Å²) in [6.07, 6.45) is 7.57. The van der Waals surface area contributed by atoms with Crippen LogP contribution in [0.4, 0.5) is 5.82 Å². The topological polar surface area (TPSA) is 54.8 Å². The Morgan fingerprint density at radius 2 is 1.81 bits per heavy atom. The van der Waals surface area contributed by atoms with Crippen molar-refractivity contribution in [1.82, 2.24) is 18.7 Å². The van der Waals surface area contributed by atoms with E-state index in [0.29, 0.717) is 0 Å². The lowest BCUT2D eigenvalue weighted by Crippen LogP contribution is -2.18. The molecule has 0 aliphatic carbocycles. The first-order valence-corrected chi connectivity index (χ1v) is 6.01. The van der Waals surface area contributed by atoms with E-state index in [1.54, 1.807) is 12.4 Å². The van der Waals surface area contributed by atoms with Crippen LogP contribution in [0.15, 0.2) is 18.7 Å². The zero-order valence-electron chi connectivity index (χ0n) is 8.70. The van der Waals surface area contributed by atoms with Crippen molar-refractivity contribution in [3.8, 4) is 11.3 Å². The van der Waals surface area contributed by atoms with Crippen LogP contribution >= 0.6 is 11.7 Å². The summed E-state index contributed by atoms with van der Waals surface area (Å²) in [7, 11) is 0. The molecule has 6 heteroatoms. The van der Waals surface area contributed by atoms with Gasteiger partial charge in [0.15, 0.2) is 5.82 Å². The van der Waals surface area contributed by atoms with Crippen LogP contribution in [-0.4, -0.2) is 31.8 Å². The Labute approximate surface area is 97.5 Å². The van der Waals surface area contributed by atoms with Gasteiger partial charge in [0.25, 0.3) is 0 Å². The number of hydrogen-bond acceptors (Lipinski definition) is 6. The summed E-state index contributed by atoms with van der Waals surface area (Å²) in [5.74, 6) is 0.984. The highest BCUT2D eigenvalue weighted by molar-refractivity contribution is 6.99. The lowest BCUT2D eigenvalue weighted by atomic mass is 10.2. The number of rotatable bonds is 2. The van der Waals surface area contributed by atoms with E-state index in [-0.39, 0.29) is 0 Å². The third kappa shape index (κ3) is 1.65. The van der Waals surface area contributed by atoms with Crippen molar-refractivity contribution in [2.24, 2.45) is 0 Å². The van der Waals surface area contributed by atoms with Gasteiger partial charge >= 0.3 is 0 Å². The van der Waals surface area contributed by atoms with E-state index >= 15 is 0 Å². The van der Waals surface area contributed by atoms with Gasteiger partial charge in [-0.25, -0.2) is 9.97 Å². The van der Waals surface area contributed by atoms with E-state index in [2.05, 4.69) is 23.6 Å². The van der Waals surface area contributed by atoms with Crippen molar-refractivity contribution >= 4 is 17.5 Å². The van der Waals surface area contributed by atoms with Gasteiger partial charge in [0.05, 0.1) is 11.7 Å². The minimum absolute atomic E-state index is 0.910. The summed E-state index contributed by atoms with van der Waals surface area (Å²) in [4.78, 5) is 10.3. The molecule has 0 N–H and O–H groups in total. The monoisotopic (exact) mass is 233 g/mol. The fourth-order valence-electron chi connectivity index (χ4n) is 1.92. The van der Waals surface area contributed by atoms with Crippen molar-refractivity contribution in [3.05, 3.63) is 18.7 Å². The maximum absolute atomic E-state index is 4.38. The molecule has 0 radical (unpaired) electrons. The van der Waals surface area contributed by atoms with E-state index in [9.17, 15) is 0 Å². The fraction of sp³-hybridized carbons (Fsp3) is 0.400. The molecule has 0 spiro atoms. The zero-order chi connectivity index (χ0) is 10.8. The maximum atomic E-state index is 4.38. The minimum Gasteiger partial charge on any atom is -0.354 e. The Kier molecular flexibility index (Phi) is 2.49. The van der Waals surface area contributed by atoms with E-state index in [4.69, 9.17) is 0 Å². The molecule has 0 aromatic carbocycles. The number of anilines is 1. The molecule has 0 unspecified atom stereocenters. The first-order valence-electron chi connectivity index (χ1n) is 5.28. The van der Waals surface area contributed by atoms with Crippen molar-refractivity contribution in [1.29, 1.82) is 0 Å². The van der Waals surface area contributed by atoms with Crippen molar-refractivity contribution in [3.63, 3.8) is 0 Å². The Hall–Kier alpha value is -1.56. The molecule has 0 saturated carbocycles. The summed E-state index contributed by atoms with van der Waals surface area (Å²) in [6.45, 7) is 2.15. The normalized spacial score (nSPS) is 15.6. The average Bonchev–Trinajstić information content (AvgIpc) is 3.01. The quantitative estimate of drug-likeness (QED) is 0.788. The Bertz CT molecular complexity index is 463. The van der Waals surface area contributed by atoms with Gasteiger partial charge in [-0.15, -0.1) is 0 Å². The molecule has 1 fully saturated rings. The zero-order valence-corrected chi connectivity index (χ0v) is 9.52. The highest BCUT2D eigenvalue weighted by atomic mass is 32.1. The predicted octanol–water partition coefficient (Wildman–Crippen LogP) is 1.60. The molecule has 2 aromatic rings. The molecule has 0 bridgehead atoms. The van der Waals surface area contributed by atoms with Gasteiger partial charge in [0.2, 0.25) is 0 Å². The van der Waals surface area contributed by atoms with Gasteiger partial charge in [-0.2, -0.15) is 8.75 Å². The second kappa shape index (κ2) is 4.13. The van der Waals surface area contributed by atoms with Gasteiger partial charge in [-0.3, -0.25) is 0 Å². The van der Waals surface area contributed by atoms with Gasteiger partial charge in [-0.1, -0.05) is 0 Å². The molecule has 0 amide bonds. The van der Waals surface area contributed by atoms with Crippen LogP contribution in [0.25, 0.3) is 11.3 Å². The molecule has 16 heavy (non-hydrogen) atoms. The average molecular weight is 233 g/mol. The van der Waals surface area contributed by atoms with Crippen LogP contribution in [0.2, 0.25) is 0 Å². The van der Waals surface area contributed by atoms with E-state index < -0.39 is 0 Å². The maximum Gasteiger partial charge on any atom is 0.170 e. The van der Waals surface area contributed by atoms with Crippen LogP contribution < -0.4 is 4.90 Å². The molecule has 1 aliphatic rings. The highest BCUT2D eigenvalue weighted by Crippen LogP contribution is 2.29. The molecular formula is C10H11N5S. The molecule has 1 saturated heterocycles. The standard InChI is InChI=1S/C10H11N5S/c1-2-4-15(3-1)10-9(13-16-14-10)8-5-11-7-12-6-8/h5-7H,1-4H2. The second-order valence-corrected chi connectivity index (χ2v) is 4.29. The SMILES string of the molecule is c1ncc(-c2nsnc2N2CCCC2)cn1. The summed E-state index contributed by atoms with van der Waals surface area (Å²) in [5.41, 5.74) is 1.85. The Balaban J connectivity index is 1.99. The van der Waals surface area contributed by atoms with Crippen LogP contribution in [0.3, 0.4) is 0 Å². The lowest BCUT2D eigenvalue weighted by molar-refractivity contribution is 0.949. The van der Waals surface area contributed by atoms with E-state index in [1.165, 1.54) is 30.9 Å².